The van der Waals surface area contributed by atoms with Crippen LogP contribution >= 0.6 is 11.6 Å². The maximum Gasteiger partial charge on any atom is 0.252 e. The van der Waals surface area contributed by atoms with E-state index in [1.807, 2.05) is 0 Å². The van der Waals surface area contributed by atoms with Gasteiger partial charge < -0.3 is 15.8 Å². The number of anilines is 1. The van der Waals surface area contributed by atoms with Crippen molar-refractivity contribution in [3.05, 3.63) is 27.5 Å². The van der Waals surface area contributed by atoms with Gasteiger partial charge in [0, 0.05) is 19.7 Å². The van der Waals surface area contributed by atoms with Gasteiger partial charge in [-0.05, 0) is 19.0 Å². The summed E-state index contributed by atoms with van der Waals surface area (Å²) in [4.78, 5) is 11.9. The molecule has 0 saturated carbocycles. The van der Waals surface area contributed by atoms with Crippen molar-refractivity contribution in [2.24, 2.45) is 0 Å². The number of hydrogen-bond acceptors (Lipinski definition) is 4. The summed E-state index contributed by atoms with van der Waals surface area (Å²) in [6.07, 6.45) is 0.727. The number of pyridine rings is 1. The molecule has 3 N–H and O–H groups in total. The topological polar surface area (TPSA) is 69.3 Å². The molecule has 0 bridgehead atoms. The SMILES string of the molecule is COC1CNCCC1n1c(N)c(Cl)ccc1=O. The number of methoxy groups -OCH3 is 1. The van der Waals surface area contributed by atoms with Gasteiger partial charge in [-0.15, -0.1) is 0 Å². The number of halogens is 1. The van der Waals surface area contributed by atoms with Crippen molar-refractivity contribution in [3.63, 3.8) is 0 Å². The quantitative estimate of drug-likeness (QED) is 0.816. The van der Waals surface area contributed by atoms with Gasteiger partial charge in [-0.2, -0.15) is 0 Å². The summed E-state index contributed by atoms with van der Waals surface area (Å²) >= 11 is 5.95. The van der Waals surface area contributed by atoms with E-state index >= 15 is 0 Å². The first-order chi connectivity index (χ1) is 8.15. The first kappa shape index (κ1) is 12.4. The lowest BCUT2D eigenvalue weighted by atomic mass is 10.0. The van der Waals surface area contributed by atoms with Crippen molar-refractivity contribution >= 4 is 17.4 Å². The average molecular weight is 258 g/mol. The minimum absolute atomic E-state index is 0.0625. The highest BCUT2D eigenvalue weighted by molar-refractivity contribution is 6.32. The zero-order chi connectivity index (χ0) is 12.4. The molecule has 0 aliphatic carbocycles. The molecule has 1 fully saturated rings. The summed E-state index contributed by atoms with van der Waals surface area (Å²) in [5.74, 6) is 0.313. The van der Waals surface area contributed by atoms with Gasteiger partial charge in [0.25, 0.3) is 5.56 Å². The number of hydrogen-bond donors (Lipinski definition) is 2. The monoisotopic (exact) mass is 257 g/mol. The van der Waals surface area contributed by atoms with Crippen LogP contribution in [0.3, 0.4) is 0 Å². The predicted molar refractivity (Wildman–Crippen MR) is 67.4 cm³/mol. The van der Waals surface area contributed by atoms with E-state index in [0.29, 0.717) is 17.4 Å². The van der Waals surface area contributed by atoms with Gasteiger partial charge in [0.1, 0.15) is 5.82 Å². The Labute approximate surface area is 105 Å². The normalized spacial score (nSPS) is 24.8. The molecule has 1 saturated heterocycles. The molecule has 17 heavy (non-hydrogen) atoms. The first-order valence-corrected chi connectivity index (χ1v) is 5.93. The molecule has 94 valence electrons. The van der Waals surface area contributed by atoms with Crippen LogP contribution in [0.4, 0.5) is 5.82 Å². The molecule has 1 aromatic rings. The third kappa shape index (κ3) is 2.31. The second kappa shape index (κ2) is 5.08. The Morgan fingerprint density at radius 2 is 2.35 bits per heavy atom. The molecular weight excluding hydrogens is 242 g/mol. The summed E-state index contributed by atoms with van der Waals surface area (Å²) in [7, 11) is 1.64. The van der Waals surface area contributed by atoms with Gasteiger partial charge in [-0.1, -0.05) is 11.6 Å². The fourth-order valence-corrected chi connectivity index (χ4v) is 2.39. The fraction of sp³-hybridized carbons (Fsp3) is 0.545. The zero-order valence-electron chi connectivity index (χ0n) is 9.65. The lowest BCUT2D eigenvalue weighted by Gasteiger charge is -2.33. The maximum absolute atomic E-state index is 11.9. The van der Waals surface area contributed by atoms with Crippen molar-refractivity contribution in [1.29, 1.82) is 0 Å². The number of nitrogens with zero attached hydrogens (tertiary/aromatic N) is 1. The van der Waals surface area contributed by atoms with E-state index in [4.69, 9.17) is 22.1 Å². The molecule has 2 atom stereocenters. The van der Waals surface area contributed by atoms with E-state index in [-0.39, 0.29) is 17.7 Å². The van der Waals surface area contributed by atoms with Crippen molar-refractivity contribution < 1.29 is 4.74 Å². The highest BCUT2D eigenvalue weighted by Crippen LogP contribution is 2.25. The van der Waals surface area contributed by atoms with Crippen LogP contribution in [0.1, 0.15) is 12.5 Å². The van der Waals surface area contributed by atoms with Gasteiger partial charge in [0.05, 0.1) is 17.2 Å². The molecule has 0 aromatic carbocycles. The van der Waals surface area contributed by atoms with Crippen LogP contribution in [0.25, 0.3) is 0 Å². The first-order valence-electron chi connectivity index (χ1n) is 5.55. The molecule has 6 heteroatoms. The van der Waals surface area contributed by atoms with Crippen molar-refractivity contribution in [2.75, 3.05) is 25.9 Å². The molecule has 2 unspecified atom stereocenters. The third-order valence-corrected chi connectivity index (χ3v) is 3.46. The van der Waals surface area contributed by atoms with Crippen LogP contribution in [0.5, 0.6) is 0 Å². The molecule has 1 aliphatic heterocycles. The van der Waals surface area contributed by atoms with Crippen molar-refractivity contribution in [3.8, 4) is 0 Å². The number of nitrogen functional groups attached to an aromatic ring is 1. The predicted octanol–water partition coefficient (Wildman–Crippen LogP) is 0.633. The molecule has 5 nitrogen and oxygen atoms in total. The molecule has 0 radical (unpaired) electrons. The Kier molecular flexibility index (Phi) is 3.71. The van der Waals surface area contributed by atoms with Crippen LogP contribution in [0, 0.1) is 0 Å². The van der Waals surface area contributed by atoms with Gasteiger partial charge in [0.15, 0.2) is 0 Å². The minimum atomic E-state index is -0.138. The fourth-order valence-electron chi connectivity index (χ4n) is 2.24. The lowest BCUT2D eigenvalue weighted by Crippen LogP contribution is -2.45. The van der Waals surface area contributed by atoms with E-state index in [1.165, 1.54) is 16.7 Å². The second-order valence-corrected chi connectivity index (χ2v) is 4.52. The highest BCUT2D eigenvalue weighted by Gasteiger charge is 2.28. The summed E-state index contributed by atoms with van der Waals surface area (Å²) in [6, 6.07) is 2.90. The minimum Gasteiger partial charge on any atom is -0.384 e. The summed E-state index contributed by atoms with van der Waals surface area (Å²) < 4.78 is 6.93. The second-order valence-electron chi connectivity index (χ2n) is 4.11. The number of piperidine rings is 1. The van der Waals surface area contributed by atoms with Crippen LogP contribution in [-0.2, 0) is 4.74 Å². The van der Waals surface area contributed by atoms with Crippen molar-refractivity contribution in [2.45, 2.75) is 18.6 Å². The number of nitrogens with one attached hydrogen (secondary N) is 1. The zero-order valence-corrected chi connectivity index (χ0v) is 10.4. The van der Waals surface area contributed by atoms with Gasteiger partial charge in [-0.25, -0.2) is 0 Å². The highest BCUT2D eigenvalue weighted by atomic mass is 35.5. The molecular formula is C11H16ClN3O2. The number of nitrogens with two attached hydrogens (primary N) is 1. The number of rotatable bonds is 2. The third-order valence-electron chi connectivity index (χ3n) is 3.14. The summed E-state index contributed by atoms with van der Waals surface area (Å²) in [5, 5.41) is 3.63. The van der Waals surface area contributed by atoms with Crippen LogP contribution < -0.4 is 16.6 Å². The van der Waals surface area contributed by atoms with Crippen LogP contribution in [-0.4, -0.2) is 30.9 Å². The van der Waals surface area contributed by atoms with E-state index in [9.17, 15) is 4.79 Å². The van der Waals surface area contributed by atoms with Gasteiger partial charge in [-0.3, -0.25) is 9.36 Å². The van der Waals surface area contributed by atoms with Crippen molar-refractivity contribution in [1.82, 2.24) is 9.88 Å². The van der Waals surface area contributed by atoms with Gasteiger partial charge >= 0.3 is 0 Å². The molecule has 0 amide bonds. The Morgan fingerprint density at radius 1 is 1.59 bits per heavy atom. The lowest BCUT2D eigenvalue weighted by molar-refractivity contribution is 0.0386. The maximum atomic E-state index is 11.9. The Hall–Kier alpha value is -1.04. The molecule has 2 heterocycles. The molecule has 2 rings (SSSR count). The van der Waals surface area contributed by atoms with Crippen LogP contribution in [0.2, 0.25) is 5.02 Å². The number of aromatic nitrogens is 1. The van der Waals surface area contributed by atoms with E-state index in [2.05, 4.69) is 5.32 Å². The van der Waals surface area contributed by atoms with E-state index < -0.39 is 0 Å². The van der Waals surface area contributed by atoms with Gasteiger partial charge in [0.2, 0.25) is 0 Å². The van der Waals surface area contributed by atoms with Crippen LogP contribution in [0.15, 0.2) is 16.9 Å². The number of ether oxygens (including phenoxy) is 1. The Morgan fingerprint density at radius 3 is 3.06 bits per heavy atom. The summed E-state index contributed by atoms with van der Waals surface area (Å²) in [5.41, 5.74) is 5.75. The standard InChI is InChI=1S/C11H16ClN3O2/c1-17-9-6-14-5-4-8(9)15-10(16)3-2-7(12)11(15)13/h2-3,8-9,14H,4-6,13H2,1H3. The molecule has 1 aliphatic rings. The Balaban J connectivity index is 2.44. The van der Waals surface area contributed by atoms with E-state index in [0.717, 1.165) is 13.0 Å². The smallest absolute Gasteiger partial charge is 0.252 e. The molecule has 1 aromatic heterocycles. The largest absolute Gasteiger partial charge is 0.384 e. The summed E-state index contributed by atoms with van der Waals surface area (Å²) in [6.45, 7) is 1.54. The Bertz CT molecular complexity index is 461. The van der Waals surface area contributed by atoms with E-state index in [1.54, 1.807) is 7.11 Å². The molecule has 0 spiro atoms. The average Bonchev–Trinajstić information content (AvgIpc) is 2.35.